The van der Waals surface area contributed by atoms with Gasteiger partial charge in [0.1, 0.15) is 23.2 Å². The van der Waals surface area contributed by atoms with E-state index < -0.39 is 20.7 Å². The molecule has 1 aromatic carbocycles. The van der Waals surface area contributed by atoms with E-state index in [9.17, 15) is 28.6 Å². The Labute approximate surface area is 192 Å². The van der Waals surface area contributed by atoms with E-state index in [1.807, 2.05) is 0 Å². The number of hydrogen-bond donors (Lipinski definition) is 1. The van der Waals surface area contributed by atoms with Gasteiger partial charge in [-0.2, -0.15) is 14.6 Å². The van der Waals surface area contributed by atoms with E-state index in [2.05, 4.69) is 14.7 Å². The lowest BCUT2D eigenvalue weighted by molar-refractivity contribution is -0.384. The molecule has 0 radical (unpaired) electrons. The van der Waals surface area contributed by atoms with Crippen LogP contribution in [0.3, 0.4) is 0 Å². The first-order chi connectivity index (χ1) is 15.6. The van der Waals surface area contributed by atoms with E-state index in [4.69, 9.17) is 4.42 Å². The van der Waals surface area contributed by atoms with Crippen LogP contribution < -0.4 is 5.32 Å². The third kappa shape index (κ3) is 5.88. The van der Waals surface area contributed by atoms with Crippen molar-refractivity contribution in [2.45, 2.75) is 19.0 Å². The van der Waals surface area contributed by atoms with Crippen LogP contribution in [0.2, 0.25) is 0 Å². The number of carbonyl (C=O) groups is 1. The third-order valence-corrected chi connectivity index (χ3v) is 6.69. The molecule has 0 aliphatic rings. The van der Waals surface area contributed by atoms with Gasteiger partial charge in [-0.1, -0.05) is 13.8 Å². The second kappa shape index (κ2) is 9.72. The zero-order chi connectivity index (χ0) is 24.2. The number of nitriles is 1. The normalized spacial score (nSPS) is 11.9. The van der Waals surface area contributed by atoms with Crippen molar-refractivity contribution in [1.29, 1.82) is 5.26 Å². The molecule has 0 unspecified atom stereocenters. The number of rotatable bonds is 8. The Morgan fingerprint density at radius 2 is 2.00 bits per heavy atom. The molecule has 170 valence electrons. The van der Waals surface area contributed by atoms with Crippen LogP contribution >= 0.6 is 11.5 Å². The fraction of sp³-hybridized carbons (Fsp3) is 0.200. The predicted octanol–water partition coefficient (Wildman–Crippen LogP) is 3.68. The molecule has 0 saturated carbocycles. The van der Waals surface area contributed by atoms with Crippen molar-refractivity contribution in [2.24, 2.45) is 5.92 Å². The second-order valence-corrected chi connectivity index (χ2v) is 9.87. The molecule has 1 N–H and O–H groups in total. The summed E-state index contributed by atoms with van der Waals surface area (Å²) >= 11 is 0.690. The topological polar surface area (TPSA) is 169 Å². The molecule has 2 aromatic heterocycles. The molecule has 0 aliphatic carbocycles. The molecule has 0 fully saturated rings. The molecule has 2 heterocycles. The number of amides is 1. The van der Waals surface area contributed by atoms with E-state index in [-0.39, 0.29) is 39.0 Å². The molecule has 3 rings (SSSR count). The molecule has 0 bridgehead atoms. The van der Waals surface area contributed by atoms with E-state index in [0.717, 1.165) is 0 Å². The predicted molar refractivity (Wildman–Crippen MR) is 120 cm³/mol. The second-order valence-electron chi connectivity index (χ2n) is 7.19. The van der Waals surface area contributed by atoms with Gasteiger partial charge in [0.25, 0.3) is 16.8 Å². The highest BCUT2D eigenvalue weighted by Crippen LogP contribution is 2.26. The van der Waals surface area contributed by atoms with E-state index >= 15 is 0 Å². The molecule has 13 heteroatoms. The molecule has 0 spiro atoms. The molecule has 11 nitrogen and oxygen atoms in total. The first-order valence-electron chi connectivity index (χ1n) is 9.43. The van der Waals surface area contributed by atoms with Gasteiger partial charge in [0, 0.05) is 35.3 Å². The fourth-order valence-electron chi connectivity index (χ4n) is 2.69. The van der Waals surface area contributed by atoms with Gasteiger partial charge in [-0.25, -0.2) is 8.42 Å². The summed E-state index contributed by atoms with van der Waals surface area (Å²) in [5, 5.41) is 22.0. The summed E-state index contributed by atoms with van der Waals surface area (Å²) < 4.78 is 33.8. The SMILES string of the molecule is CC(C)CS(=O)(=O)c1nsc(NC(=O)C(C#N)=Cc2ccc(-c3ccc([N+](=O)[O-])cc3)o2)n1. The molecule has 33 heavy (non-hydrogen) atoms. The Morgan fingerprint density at radius 3 is 2.61 bits per heavy atom. The summed E-state index contributed by atoms with van der Waals surface area (Å²) in [7, 11) is -3.68. The monoisotopic (exact) mass is 487 g/mol. The number of nitrogens with zero attached hydrogens (tertiary/aromatic N) is 4. The van der Waals surface area contributed by atoms with Crippen LogP contribution in [0.25, 0.3) is 17.4 Å². The van der Waals surface area contributed by atoms with Gasteiger partial charge >= 0.3 is 0 Å². The average Bonchev–Trinajstić information content (AvgIpc) is 3.41. The number of sulfone groups is 1. The van der Waals surface area contributed by atoms with Crippen LogP contribution in [0.4, 0.5) is 10.8 Å². The number of aromatic nitrogens is 2. The summed E-state index contributed by atoms with van der Waals surface area (Å²) in [6.45, 7) is 3.50. The van der Waals surface area contributed by atoms with Gasteiger partial charge in [0.2, 0.25) is 15.0 Å². The van der Waals surface area contributed by atoms with Crippen molar-refractivity contribution in [3.63, 3.8) is 0 Å². The van der Waals surface area contributed by atoms with Crippen molar-refractivity contribution >= 4 is 44.2 Å². The highest BCUT2D eigenvalue weighted by atomic mass is 32.2. The van der Waals surface area contributed by atoms with E-state index in [0.29, 0.717) is 22.9 Å². The fourth-order valence-corrected chi connectivity index (χ4v) is 5.04. The minimum atomic E-state index is -3.68. The number of furan rings is 1. The number of carbonyl (C=O) groups excluding carboxylic acids is 1. The number of nitro groups is 1. The zero-order valence-corrected chi connectivity index (χ0v) is 19.0. The molecule has 1 amide bonds. The number of hydrogen-bond acceptors (Lipinski definition) is 10. The summed E-state index contributed by atoms with van der Waals surface area (Å²) in [6.07, 6.45) is 1.21. The van der Waals surface area contributed by atoms with Gasteiger partial charge < -0.3 is 4.42 Å². The van der Waals surface area contributed by atoms with Crippen molar-refractivity contribution in [3.8, 4) is 17.4 Å². The standard InChI is InChI=1S/C20H17N5O6S2/c1-12(2)11-33(29,30)20-23-19(32-24-20)22-18(26)14(10-21)9-16-7-8-17(31-16)13-3-5-15(6-4-13)25(27)28/h3-9,12H,11H2,1-2H3,(H,22,23,24,26). The lowest BCUT2D eigenvalue weighted by atomic mass is 10.1. The van der Waals surface area contributed by atoms with Crippen LogP contribution in [0, 0.1) is 27.4 Å². The number of benzene rings is 1. The van der Waals surface area contributed by atoms with Crippen LogP contribution in [0.5, 0.6) is 0 Å². The summed E-state index contributed by atoms with van der Waals surface area (Å²) in [5.41, 5.74) is 0.208. The van der Waals surface area contributed by atoms with E-state index in [1.54, 1.807) is 26.0 Å². The number of nitro benzene ring substituents is 1. The van der Waals surface area contributed by atoms with Crippen LogP contribution in [-0.2, 0) is 14.6 Å². The number of nitrogens with one attached hydrogen (secondary N) is 1. The first-order valence-corrected chi connectivity index (χ1v) is 11.9. The highest BCUT2D eigenvalue weighted by Gasteiger charge is 2.23. The lowest BCUT2D eigenvalue weighted by Crippen LogP contribution is -2.15. The summed E-state index contributed by atoms with van der Waals surface area (Å²) in [6, 6.07) is 10.6. The smallest absolute Gasteiger partial charge is 0.269 e. The molecule has 0 aliphatic heterocycles. The van der Waals surface area contributed by atoms with Gasteiger partial charge in [-0.15, -0.1) is 0 Å². The van der Waals surface area contributed by atoms with Crippen LogP contribution in [-0.4, -0.2) is 34.4 Å². The largest absolute Gasteiger partial charge is 0.457 e. The Morgan fingerprint density at radius 1 is 1.30 bits per heavy atom. The van der Waals surface area contributed by atoms with Gasteiger partial charge in [0.05, 0.1) is 10.7 Å². The molecule has 0 atom stereocenters. The lowest BCUT2D eigenvalue weighted by Gasteiger charge is -2.02. The zero-order valence-electron chi connectivity index (χ0n) is 17.4. The minimum absolute atomic E-state index is 0.0607. The molecular formula is C20H17N5O6S2. The maximum Gasteiger partial charge on any atom is 0.269 e. The Kier molecular flexibility index (Phi) is 7.00. The van der Waals surface area contributed by atoms with Gasteiger partial charge in [0.15, 0.2) is 0 Å². The number of anilines is 1. The highest BCUT2D eigenvalue weighted by molar-refractivity contribution is 7.91. The summed E-state index contributed by atoms with van der Waals surface area (Å²) in [5.74, 6) is -0.468. The Hall–Kier alpha value is -3.89. The van der Waals surface area contributed by atoms with Crippen molar-refractivity contribution in [3.05, 3.63) is 57.8 Å². The van der Waals surface area contributed by atoms with Crippen LogP contribution in [0.1, 0.15) is 19.6 Å². The van der Waals surface area contributed by atoms with Crippen LogP contribution in [0.15, 0.2) is 51.5 Å². The van der Waals surface area contributed by atoms with Crippen molar-refractivity contribution < 1.29 is 22.6 Å². The van der Waals surface area contributed by atoms with Gasteiger partial charge in [-0.05, 0) is 30.2 Å². The van der Waals surface area contributed by atoms with Gasteiger partial charge in [-0.3, -0.25) is 20.2 Å². The van der Waals surface area contributed by atoms with E-state index in [1.165, 1.54) is 36.4 Å². The third-order valence-electron chi connectivity index (χ3n) is 4.10. The van der Waals surface area contributed by atoms with Crippen molar-refractivity contribution in [1.82, 2.24) is 9.36 Å². The Bertz CT molecular complexity index is 1360. The molecular weight excluding hydrogens is 470 g/mol. The summed E-state index contributed by atoms with van der Waals surface area (Å²) in [4.78, 5) is 26.5. The molecule has 0 saturated heterocycles. The Balaban J connectivity index is 1.75. The molecule has 3 aromatic rings. The quantitative estimate of drug-likeness (QED) is 0.215. The maximum atomic E-state index is 12.4. The number of non-ortho nitro benzene ring substituents is 1. The first kappa shape index (κ1) is 23.8. The average molecular weight is 488 g/mol. The van der Waals surface area contributed by atoms with Crippen molar-refractivity contribution in [2.75, 3.05) is 11.1 Å². The minimum Gasteiger partial charge on any atom is -0.457 e. The maximum absolute atomic E-state index is 12.4.